The Morgan fingerprint density at radius 2 is 1.74 bits per heavy atom. The van der Waals surface area contributed by atoms with E-state index in [1.807, 2.05) is 30.3 Å². The molecule has 1 aromatic carbocycles. The van der Waals surface area contributed by atoms with Gasteiger partial charge in [-0.2, -0.15) is 0 Å². The van der Waals surface area contributed by atoms with E-state index in [0.29, 0.717) is 12.8 Å². The summed E-state index contributed by atoms with van der Waals surface area (Å²) in [6, 6.07) is 9.06. The van der Waals surface area contributed by atoms with Gasteiger partial charge in [0.05, 0.1) is 6.10 Å². The maximum absolute atomic E-state index is 12.2. The average Bonchev–Trinajstić information content (AvgIpc) is 2.41. The van der Waals surface area contributed by atoms with Crippen LogP contribution >= 0.6 is 0 Å². The molecular formula is C18H27NO4. The molecule has 0 aromatic heterocycles. The summed E-state index contributed by atoms with van der Waals surface area (Å²) in [7, 11) is 0. The minimum atomic E-state index is -0.729. The lowest BCUT2D eigenvalue weighted by Gasteiger charge is -2.23. The average molecular weight is 321 g/mol. The van der Waals surface area contributed by atoms with Crippen molar-refractivity contribution in [3.8, 4) is 0 Å². The summed E-state index contributed by atoms with van der Waals surface area (Å²) < 4.78 is 10.4. The molecule has 1 atom stereocenters. The lowest BCUT2D eigenvalue weighted by molar-refractivity contribution is -0.150. The summed E-state index contributed by atoms with van der Waals surface area (Å²) in [5.74, 6) is -0.443. The summed E-state index contributed by atoms with van der Waals surface area (Å²) in [4.78, 5) is 24.1. The predicted octanol–water partition coefficient (Wildman–Crippen LogP) is 3.46. The third kappa shape index (κ3) is 8.24. The molecule has 1 unspecified atom stereocenters. The van der Waals surface area contributed by atoms with Crippen LogP contribution in [0.5, 0.6) is 0 Å². The van der Waals surface area contributed by atoms with Crippen molar-refractivity contribution in [1.29, 1.82) is 0 Å². The summed E-state index contributed by atoms with van der Waals surface area (Å²) in [5.41, 5.74) is 0.483. The number of hydrogen-bond donors (Lipinski definition) is 1. The molecule has 0 aliphatic heterocycles. The summed E-state index contributed by atoms with van der Waals surface area (Å²) in [5, 5.41) is 2.61. The minimum absolute atomic E-state index is 0.234. The summed E-state index contributed by atoms with van der Waals surface area (Å²) >= 11 is 0. The highest BCUT2D eigenvalue weighted by atomic mass is 16.6. The summed E-state index contributed by atoms with van der Waals surface area (Å²) in [6.07, 6.45) is 0.266. The van der Waals surface area contributed by atoms with Crippen LogP contribution in [0.25, 0.3) is 0 Å². The van der Waals surface area contributed by atoms with E-state index < -0.39 is 23.7 Å². The molecule has 0 heterocycles. The van der Waals surface area contributed by atoms with Gasteiger partial charge in [-0.15, -0.1) is 0 Å². The van der Waals surface area contributed by atoms with Gasteiger partial charge in [0.2, 0.25) is 0 Å². The van der Waals surface area contributed by atoms with Crippen molar-refractivity contribution in [2.24, 2.45) is 0 Å². The Morgan fingerprint density at radius 1 is 1.13 bits per heavy atom. The van der Waals surface area contributed by atoms with Crippen LogP contribution in [0.4, 0.5) is 4.79 Å². The minimum Gasteiger partial charge on any atom is -0.461 e. The van der Waals surface area contributed by atoms with Gasteiger partial charge >= 0.3 is 12.1 Å². The number of aryl methyl sites for hydroxylation is 1. The van der Waals surface area contributed by atoms with Crippen molar-refractivity contribution in [2.45, 2.75) is 65.2 Å². The fraction of sp³-hybridized carbons (Fsp3) is 0.556. The maximum atomic E-state index is 12.2. The zero-order valence-electron chi connectivity index (χ0n) is 14.6. The van der Waals surface area contributed by atoms with Crippen molar-refractivity contribution in [2.75, 3.05) is 0 Å². The van der Waals surface area contributed by atoms with E-state index >= 15 is 0 Å². The molecule has 0 bridgehead atoms. The number of amides is 1. The molecule has 0 saturated heterocycles. The molecular weight excluding hydrogens is 294 g/mol. The Morgan fingerprint density at radius 3 is 2.26 bits per heavy atom. The lowest BCUT2D eigenvalue weighted by Crippen LogP contribution is -2.45. The van der Waals surface area contributed by atoms with Crippen molar-refractivity contribution in [1.82, 2.24) is 5.32 Å². The van der Waals surface area contributed by atoms with Crippen LogP contribution in [-0.2, 0) is 20.7 Å². The topological polar surface area (TPSA) is 64.6 Å². The molecule has 0 aliphatic carbocycles. The van der Waals surface area contributed by atoms with E-state index in [4.69, 9.17) is 9.47 Å². The van der Waals surface area contributed by atoms with Gasteiger partial charge in [-0.3, -0.25) is 0 Å². The van der Waals surface area contributed by atoms with Gasteiger partial charge in [-0.1, -0.05) is 30.3 Å². The molecule has 1 N–H and O–H groups in total. The number of benzene rings is 1. The highest BCUT2D eigenvalue weighted by Crippen LogP contribution is 2.10. The van der Waals surface area contributed by atoms with Crippen LogP contribution in [0.3, 0.4) is 0 Å². The molecule has 1 amide bonds. The van der Waals surface area contributed by atoms with E-state index in [9.17, 15) is 9.59 Å². The van der Waals surface area contributed by atoms with E-state index in [1.54, 1.807) is 34.6 Å². The number of rotatable bonds is 6. The number of esters is 1. The second kappa shape index (κ2) is 8.56. The van der Waals surface area contributed by atoms with Gasteiger partial charge < -0.3 is 14.8 Å². The first kappa shape index (κ1) is 19.0. The van der Waals surface area contributed by atoms with Gasteiger partial charge in [0, 0.05) is 0 Å². The van der Waals surface area contributed by atoms with Crippen LogP contribution in [0, 0.1) is 0 Å². The highest BCUT2D eigenvalue weighted by Gasteiger charge is 2.25. The second-order valence-electron chi connectivity index (χ2n) is 6.71. The van der Waals surface area contributed by atoms with Crippen molar-refractivity contribution in [3.05, 3.63) is 35.9 Å². The SMILES string of the molecule is CC(C)OC(=O)C(CCc1ccccc1)NC(=O)OC(C)(C)C. The normalized spacial score (nSPS) is 12.6. The fourth-order valence-corrected chi connectivity index (χ4v) is 1.97. The molecule has 5 heteroatoms. The van der Waals surface area contributed by atoms with Crippen LogP contribution in [0.2, 0.25) is 0 Å². The molecule has 0 spiro atoms. The fourth-order valence-electron chi connectivity index (χ4n) is 1.97. The first-order chi connectivity index (χ1) is 10.7. The molecule has 0 fully saturated rings. The maximum Gasteiger partial charge on any atom is 0.408 e. The van der Waals surface area contributed by atoms with Gasteiger partial charge in [0.1, 0.15) is 11.6 Å². The lowest BCUT2D eigenvalue weighted by atomic mass is 10.1. The van der Waals surface area contributed by atoms with E-state index in [1.165, 1.54) is 0 Å². The van der Waals surface area contributed by atoms with Gasteiger partial charge in [0.15, 0.2) is 0 Å². The van der Waals surface area contributed by atoms with Crippen LogP contribution < -0.4 is 5.32 Å². The molecule has 1 rings (SSSR count). The van der Waals surface area contributed by atoms with Crippen molar-refractivity contribution in [3.63, 3.8) is 0 Å². The third-order valence-corrected chi connectivity index (χ3v) is 2.89. The first-order valence-electron chi connectivity index (χ1n) is 7.91. The van der Waals surface area contributed by atoms with E-state index in [2.05, 4.69) is 5.32 Å². The van der Waals surface area contributed by atoms with Crippen LogP contribution in [0.1, 0.15) is 46.6 Å². The molecule has 0 aliphatic rings. The number of nitrogens with one attached hydrogen (secondary N) is 1. The number of carbonyl (C=O) groups excluding carboxylic acids is 2. The Kier molecular flexibility index (Phi) is 7.07. The Hall–Kier alpha value is -2.04. The Bertz CT molecular complexity index is 506. The van der Waals surface area contributed by atoms with Crippen molar-refractivity contribution < 1.29 is 19.1 Å². The van der Waals surface area contributed by atoms with Gasteiger partial charge in [-0.25, -0.2) is 9.59 Å². The second-order valence-corrected chi connectivity index (χ2v) is 6.71. The van der Waals surface area contributed by atoms with E-state index in [-0.39, 0.29) is 6.10 Å². The van der Waals surface area contributed by atoms with E-state index in [0.717, 1.165) is 5.56 Å². The largest absolute Gasteiger partial charge is 0.461 e. The Balaban J connectivity index is 2.68. The molecule has 0 radical (unpaired) electrons. The first-order valence-corrected chi connectivity index (χ1v) is 7.91. The smallest absolute Gasteiger partial charge is 0.408 e. The number of ether oxygens (including phenoxy) is 2. The number of hydrogen-bond acceptors (Lipinski definition) is 4. The van der Waals surface area contributed by atoms with Gasteiger partial charge in [-0.05, 0) is 53.0 Å². The quantitative estimate of drug-likeness (QED) is 0.815. The zero-order valence-corrected chi connectivity index (χ0v) is 14.6. The summed E-state index contributed by atoms with van der Waals surface area (Å²) in [6.45, 7) is 8.88. The molecule has 1 aromatic rings. The predicted molar refractivity (Wildman–Crippen MR) is 89.1 cm³/mol. The molecule has 0 saturated carbocycles. The van der Waals surface area contributed by atoms with Crippen LogP contribution in [-0.4, -0.2) is 29.8 Å². The van der Waals surface area contributed by atoms with Gasteiger partial charge in [0.25, 0.3) is 0 Å². The highest BCUT2D eigenvalue weighted by molar-refractivity contribution is 5.81. The molecule has 23 heavy (non-hydrogen) atoms. The zero-order chi connectivity index (χ0) is 17.5. The monoisotopic (exact) mass is 321 g/mol. The standard InChI is InChI=1S/C18H27NO4/c1-13(2)22-16(20)15(19-17(21)23-18(3,4)5)12-11-14-9-7-6-8-10-14/h6-10,13,15H,11-12H2,1-5H3,(H,19,21). The number of alkyl carbamates (subject to hydrolysis) is 1. The molecule has 5 nitrogen and oxygen atoms in total. The molecule has 128 valence electrons. The number of carbonyl (C=O) groups is 2. The van der Waals surface area contributed by atoms with Crippen LogP contribution in [0.15, 0.2) is 30.3 Å². The Labute approximate surface area is 138 Å². The third-order valence-electron chi connectivity index (χ3n) is 2.89. The van der Waals surface area contributed by atoms with Crippen molar-refractivity contribution >= 4 is 12.1 Å².